The van der Waals surface area contributed by atoms with E-state index < -0.39 is 5.92 Å². The lowest BCUT2D eigenvalue weighted by Gasteiger charge is -2.26. The summed E-state index contributed by atoms with van der Waals surface area (Å²) in [5.74, 6) is -0.403. The molecule has 5 heteroatoms. The van der Waals surface area contributed by atoms with Gasteiger partial charge >= 0.3 is 0 Å². The third-order valence-electron chi connectivity index (χ3n) is 4.81. The molecule has 1 heterocycles. The van der Waals surface area contributed by atoms with Crippen molar-refractivity contribution in [3.05, 3.63) is 96.1 Å². The Balaban J connectivity index is 1.77. The molecule has 3 aromatic carbocycles. The minimum absolute atomic E-state index is 0.00138. The van der Waals surface area contributed by atoms with E-state index in [2.05, 4.69) is 0 Å². The molecule has 0 aliphatic rings. The molecule has 4 aromatic rings. The summed E-state index contributed by atoms with van der Waals surface area (Å²) < 4.78 is 6.36. The first kappa shape index (κ1) is 19.3. The number of hydrogen-bond donors (Lipinski definition) is 0. The molecule has 146 valence electrons. The summed E-state index contributed by atoms with van der Waals surface area (Å²) in [6, 6.07) is 27.8. The first-order chi connectivity index (χ1) is 14.3. The van der Waals surface area contributed by atoms with Crippen molar-refractivity contribution in [3.63, 3.8) is 0 Å². The van der Waals surface area contributed by atoms with Crippen molar-refractivity contribution in [2.45, 2.75) is 5.92 Å². The Bertz CT molecular complexity index is 1010. The molecule has 0 atom stereocenters. The lowest BCUT2D eigenvalue weighted by Crippen LogP contribution is -2.38. The molecule has 0 spiro atoms. The van der Waals surface area contributed by atoms with Crippen molar-refractivity contribution < 1.29 is 9.53 Å². The van der Waals surface area contributed by atoms with Gasteiger partial charge in [0, 0.05) is 7.11 Å². The minimum Gasteiger partial charge on any atom is -0.383 e. The summed E-state index contributed by atoms with van der Waals surface area (Å²) in [5, 5.41) is 0.699. The van der Waals surface area contributed by atoms with Gasteiger partial charge in [0.15, 0.2) is 5.13 Å². The second-order valence-corrected chi connectivity index (χ2v) is 7.71. The average molecular weight is 403 g/mol. The fourth-order valence-corrected chi connectivity index (χ4v) is 4.38. The third-order valence-corrected chi connectivity index (χ3v) is 5.87. The Morgan fingerprint density at radius 3 is 2.10 bits per heavy atom. The highest BCUT2D eigenvalue weighted by Gasteiger charge is 2.30. The van der Waals surface area contributed by atoms with Gasteiger partial charge in [-0.2, -0.15) is 0 Å². The largest absolute Gasteiger partial charge is 0.383 e. The predicted molar refractivity (Wildman–Crippen MR) is 119 cm³/mol. The molecule has 0 saturated heterocycles. The number of carbonyl (C=O) groups is 1. The van der Waals surface area contributed by atoms with Crippen molar-refractivity contribution in [1.82, 2.24) is 4.98 Å². The molecule has 1 aromatic heterocycles. The lowest BCUT2D eigenvalue weighted by molar-refractivity contribution is -0.119. The Kier molecular flexibility index (Phi) is 5.98. The number of rotatable bonds is 7. The van der Waals surface area contributed by atoms with Crippen LogP contribution >= 0.6 is 11.3 Å². The van der Waals surface area contributed by atoms with E-state index in [1.165, 1.54) is 11.3 Å². The molecule has 1 amide bonds. The summed E-state index contributed by atoms with van der Waals surface area (Å²) >= 11 is 1.53. The fourth-order valence-electron chi connectivity index (χ4n) is 3.38. The van der Waals surface area contributed by atoms with E-state index in [4.69, 9.17) is 9.72 Å². The monoisotopic (exact) mass is 402 g/mol. The minimum atomic E-state index is -0.402. The summed E-state index contributed by atoms with van der Waals surface area (Å²) in [5.41, 5.74) is 2.83. The zero-order valence-corrected chi connectivity index (χ0v) is 17.0. The highest BCUT2D eigenvalue weighted by molar-refractivity contribution is 7.22. The van der Waals surface area contributed by atoms with Crippen molar-refractivity contribution in [2.24, 2.45) is 0 Å². The Morgan fingerprint density at radius 1 is 0.931 bits per heavy atom. The van der Waals surface area contributed by atoms with E-state index in [9.17, 15) is 4.79 Å². The molecule has 0 saturated carbocycles. The number of methoxy groups -OCH3 is 1. The number of ether oxygens (including phenoxy) is 1. The van der Waals surface area contributed by atoms with Crippen LogP contribution in [0.4, 0.5) is 5.13 Å². The molecular weight excluding hydrogens is 380 g/mol. The second kappa shape index (κ2) is 8.99. The molecule has 0 N–H and O–H groups in total. The molecule has 4 rings (SSSR count). The SMILES string of the molecule is COCCN(C(=O)C(c1ccccc1)c1ccccc1)c1nc2ccccc2s1. The highest BCUT2D eigenvalue weighted by atomic mass is 32.1. The fraction of sp³-hybridized carbons (Fsp3) is 0.167. The first-order valence-electron chi connectivity index (χ1n) is 9.53. The van der Waals surface area contributed by atoms with Crippen molar-refractivity contribution in [1.29, 1.82) is 0 Å². The van der Waals surface area contributed by atoms with Crippen LogP contribution in [0.2, 0.25) is 0 Å². The second-order valence-electron chi connectivity index (χ2n) is 6.70. The van der Waals surface area contributed by atoms with Gasteiger partial charge in [0.05, 0.1) is 29.3 Å². The van der Waals surface area contributed by atoms with Crippen LogP contribution in [0.1, 0.15) is 17.0 Å². The molecule has 0 radical (unpaired) electrons. The van der Waals surface area contributed by atoms with Gasteiger partial charge in [-0.25, -0.2) is 4.98 Å². The van der Waals surface area contributed by atoms with Crippen LogP contribution < -0.4 is 4.90 Å². The Hall–Kier alpha value is -3.02. The maximum absolute atomic E-state index is 13.9. The molecule has 29 heavy (non-hydrogen) atoms. The van der Waals surface area contributed by atoms with Gasteiger partial charge in [0.25, 0.3) is 0 Å². The zero-order valence-electron chi connectivity index (χ0n) is 16.2. The summed E-state index contributed by atoms with van der Waals surface area (Å²) in [7, 11) is 1.65. The number of fused-ring (bicyclic) bond motifs is 1. The van der Waals surface area contributed by atoms with Crippen LogP contribution in [-0.2, 0) is 9.53 Å². The van der Waals surface area contributed by atoms with E-state index in [1.807, 2.05) is 84.9 Å². The summed E-state index contributed by atoms with van der Waals surface area (Å²) in [6.45, 7) is 0.892. The quantitative estimate of drug-likeness (QED) is 0.431. The van der Waals surface area contributed by atoms with E-state index >= 15 is 0 Å². The number of nitrogens with zero attached hydrogens (tertiary/aromatic N) is 2. The number of benzene rings is 3. The first-order valence-corrected chi connectivity index (χ1v) is 10.4. The van der Waals surface area contributed by atoms with Crippen LogP contribution in [0.25, 0.3) is 10.2 Å². The van der Waals surface area contributed by atoms with Gasteiger partial charge < -0.3 is 4.74 Å². The number of para-hydroxylation sites is 1. The van der Waals surface area contributed by atoms with Gasteiger partial charge in [-0.3, -0.25) is 9.69 Å². The maximum Gasteiger partial charge on any atom is 0.240 e. The van der Waals surface area contributed by atoms with E-state index in [1.54, 1.807) is 12.0 Å². The molecule has 0 unspecified atom stereocenters. The smallest absolute Gasteiger partial charge is 0.240 e. The molecule has 0 aliphatic heterocycles. The molecule has 0 aliphatic carbocycles. The van der Waals surface area contributed by atoms with E-state index in [0.29, 0.717) is 18.3 Å². The standard InChI is InChI=1S/C24H22N2O2S/c1-28-17-16-26(24-25-20-14-8-9-15-21(20)29-24)23(27)22(18-10-4-2-5-11-18)19-12-6-3-7-13-19/h2-15,22H,16-17H2,1H3. The van der Waals surface area contributed by atoms with Crippen LogP contribution in [0, 0.1) is 0 Å². The molecular formula is C24H22N2O2S. The number of carbonyl (C=O) groups excluding carboxylic acids is 1. The normalized spacial score (nSPS) is 11.1. The topological polar surface area (TPSA) is 42.4 Å². The Labute approximate surface area is 174 Å². The molecule has 0 fully saturated rings. The predicted octanol–water partition coefficient (Wildman–Crippen LogP) is 5.11. The van der Waals surface area contributed by atoms with Gasteiger partial charge in [0.2, 0.25) is 5.91 Å². The van der Waals surface area contributed by atoms with E-state index in [-0.39, 0.29) is 5.91 Å². The maximum atomic E-state index is 13.9. The van der Waals surface area contributed by atoms with E-state index in [0.717, 1.165) is 21.3 Å². The van der Waals surface area contributed by atoms with Crippen molar-refractivity contribution in [2.75, 3.05) is 25.2 Å². The number of aromatic nitrogens is 1. The Morgan fingerprint density at radius 2 is 1.52 bits per heavy atom. The van der Waals surface area contributed by atoms with Crippen LogP contribution in [-0.4, -0.2) is 31.2 Å². The number of hydrogen-bond acceptors (Lipinski definition) is 4. The molecule has 0 bridgehead atoms. The van der Waals surface area contributed by atoms with Gasteiger partial charge in [-0.05, 0) is 23.3 Å². The molecule has 4 nitrogen and oxygen atoms in total. The zero-order chi connectivity index (χ0) is 20.1. The highest BCUT2D eigenvalue weighted by Crippen LogP contribution is 2.33. The van der Waals surface area contributed by atoms with Gasteiger partial charge in [-0.1, -0.05) is 84.1 Å². The van der Waals surface area contributed by atoms with Crippen molar-refractivity contribution >= 4 is 32.6 Å². The number of thiazole rings is 1. The van der Waals surface area contributed by atoms with Gasteiger partial charge in [0.1, 0.15) is 0 Å². The number of anilines is 1. The lowest BCUT2D eigenvalue weighted by atomic mass is 9.90. The number of amides is 1. The van der Waals surface area contributed by atoms with Gasteiger partial charge in [-0.15, -0.1) is 0 Å². The average Bonchev–Trinajstić information content (AvgIpc) is 3.19. The van der Waals surface area contributed by atoms with Crippen LogP contribution in [0.15, 0.2) is 84.9 Å². The third kappa shape index (κ3) is 4.21. The van der Waals surface area contributed by atoms with Crippen LogP contribution in [0.5, 0.6) is 0 Å². The van der Waals surface area contributed by atoms with Crippen molar-refractivity contribution in [3.8, 4) is 0 Å². The van der Waals surface area contributed by atoms with Crippen LogP contribution in [0.3, 0.4) is 0 Å². The summed E-state index contributed by atoms with van der Waals surface area (Å²) in [4.78, 5) is 20.4. The summed E-state index contributed by atoms with van der Waals surface area (Å²) in [6.07, 6.45) is 0.